The van der Waals surface area contributed by atoms with Crippen LogP contribution in [0.4, 0.5) is 4.79 Å². The third-order valence-electron chi connectivity index (χ3n) is 6.03. The number of rotatable bonds is 11. The monoisotopic (exact) mass is 514 g/mol. The molecule has 0 bridgehead atoms. The summed E-state index contributed by atoms with van der Waals surface area (Å²) in [6.07, 6.45) is -0.424. The van der Waals surface area contributed by atoms with E-state index in [0.717, 1.165) is 0 Å². The first-order valence-electron chi connectivity index (χ1n) is 11.9. The van der Waals surface area contributed by atoms with Crippen molar-refractivity contribution in [2.75, 3.05) is 13.1 Å². The van der Waals surface area contributed by atoms with E-state index in [4.69, 9.17) is 10.5 Å². The number of likely N-dealkylation sites (tertiary alicyclic amines) is 1. The third-order valence-corrected chi connectivity index (χ3v) is 6.03. The molecule has 0 saturated carbocycles. The maximum Gasteiger partial charge on any atom is 0.408 e. The van der Waals surface area contributed by atoms with Gasteiger partial charge in [0, 0.05) is 25.4 Å². The summed E-state index contributed by atoms with van der Waals surface area (Å²) in [7, 11) is 0. The second-order valence-electron chi connectivity index (χ2n) is 10.0. The lowest BCUT2D eigenvalue weighted by atomic mass is 9.91. The zero-order valence-corrected chi connectivity index (χ0v) is 21.4. The van der Waals surface area contributed by atoms with Gasteiger partial charge < -0.3 is 36.2 Å². The van der Waals surface area contributed by atoms with Crippen LogP contribution >= 0.6 is 0 Å². The minimum Gasteiger partial charge on any atom is -0.481 e. The molecule has 1 fully saturated rings. The molecule has 1 heterocycles. The zero-order chi connectivity index (χ0) is 27.8. The van der Waals surface area contributed by atoms with Crippen LogP contribution in [0.3, 0.4) is 0 Å². The van der Waals surface area contributed by atoms with Crippen LogP contribution in [0.15, 0.2) is 0 Å². The Balaban J connectivity index is 2.84. The summed E-state index contributed by atoms with van der Waals surface area (Å²) in [5.74, 6) is -7.75. The van der Waals surface area contributed by atoms with Gasteiger partial charge in [-0.3, -0.25) is 19.2 Å². The van der Waals surface area contributed by atoms with Crippen LogP contribution in [0.1, 0.15) is 60.3 Å². The Kier molecular flexibility index (Phi) is 11.1. The zero-order valence-electron chi connectivity index (χ0n) is 21.4. The number of amides is 4. The summed E-state index contributed by atoms with van der Waals surface area (Å²) in [4.78, 5) is 73.9. The number of carboxylic acid groups (broad SMARTS) is 2. The molecule has 0 radical (unpaired) electrons. The molecule has 13 heteroatoms. The molecule has 204 valence electrons. The highest BCUT2D eigenvalue weighted by molar-refractivity contribution is 5.91. The van der Waals surface area contributed by atoms with Crippen LogP contribution < -0.4 is 16.4 Å². The van der Waals surface area contributed by atoms with Crippen molar-refractivity contribution in [1.82, 2.24) is 15.5 Å². The Morgan fingerprint density at radius 2 is 1.56 bits per heavy atom. The SMILES string of the molecule is CCC(C)C(NC(=O)OC(C)(C)C)C(=O)N1CCC(C(=O)NC(C(=O)O)C(CC(N)=O)C(=O)O)CC1. The number of aliphatic carboxylic acids is 2. The van der Waals surface area contributed by atoms with Crippen LogP contribution in [0.2, 0.25) is 0 Å². The molecule has 1 aliphatic rings. The molecule has 6 N–H and O–H groups in total. The number of carbonyl (C=O) groups excluding carboxylic acids is 4. The van der Waals surface area contributed by atoms with Crippen molar-refractivity contribution in [2.24, 2.45) is 23.5 Å². The normalized spacial score (nSPS) is 17.8. The van der Waals surface area contributed by atoms with Crippen LogP contribution in [0.25, 0.3) is 0 Å². The highest BCUT2D eigenvalue weighted by Crippen LogP contribution is 2.22. The van der Waals surface area contributed by atoms with Crippen molar-refractivity contribution in [1.29, 1.82) is 0 Å². The molecule has 36 heavy (non-hydrogen) atoms. The first kappa shape index (κ1) is 30.7. The predicted molar refractivity (Wildman–Crippen MR) is 126 cm³/mol. The smallest absolute Gasteiger partial charge is 0.408 e. The number of piperidine rings is 1. The van der Waals surface area contributed by atoms with Gasteiger partial charge in [-0.2, -0.15) is 0 Å². The number of nitrogens with one attached hydrogen (secondary N) is 2. The van der Waals surface area contributed by atoms with Gasteiger partial charge >= 0.3 is 18.0 Å². The standard InChI is InChI=1S/C23H38N4O9/c1-6-12(2)16(26-22(35)36-23(3,4)5)19(30)27-9-7-13(8-10-27)18(29)25-17(21(33)34)14(20(31)32)11-15(24)28/h12-14,16-17H,6-11H2,1-5H3,(H2,24,28)(H,25,29)(H,26,35)(H,31,32)(H,33,34). The summed E-state index contributed by atoms with van der Waals surface area (Å²) in [5.41, 5.74) is 4.29. The number of carbonyl (C=O) groups is 6. The molecule has 0 aliphatic carbocycles. The fraction of sp³-hybridized carbons (Fsp3) is 0.739. The predicted octanol–water partition coefficient (Wildman–Crippen LogP) is 0.310. The van der Waals surface area contributed by atoms with Crippen molar-refractivity contribution in [3.8, 4) is 0 Å². The van der Waals surface area contributed by atoms with E-state index >= 15 is 0 Å². The first-order chi connectivity index (χ1) is 16.6. The van der Waals surface area contributed by atoms with Gasteiger partial charge in [0.1, 0.15) is 17.7 Å². The van der Waals surface area contributed by atoms with Gasteiger partial charge in [0.25, 0.3) is 0 Å². The average Bonchev–Trinajstić information content (AvgIpc) is 2.77. The number of nitrogens with zero attached hydrogens (tertiary/aromatic N) is 1. The Morgan fingerprint density at radius 3 is 1.97 bits per heavy atom. The Morgan fingerprint density at radius 1 is 1.00 bits per heavy atom. The summed E-state index contributed by atoms with van der Waals surface area (Å²) in [6, 6.07) is -2.66. The molecular weight excluding hydrogens is 476 g/mol. The second-order valence-corrected chi connectivity index (χ2v) is 10.0. The van der Waals surface area contributed by atoms with Gasteiger partial charge in [-0.15, -0.1) is 0 Å². The van der Waals surface area contributed by atoms with Gasteiger partial charge in [0.2, 0.25) is 17.7 Å². The van der Waals surface area contributed by atoms with Crippen molar-refractivity contribution in [2.45, 2.75) is 78.0 Å². The molecule has 13 nitrogen and oxygen atoms in total. The third kappa shape index (κ3) is 9.34. The van der Waals surface area contributed by atoms with E-state index in [1.165, 1.54) is 4.90 Å². The lowest BCUT2D eigenvalue weighted by Crippen LogP contribution is -2.55. The van der Waals surface area contributed by atoms with Gasteiger partial charge in [-0.25, -0.2) is 9.59 Å². The van der Waals surface area contributed by atoms with E-state index in [1.54, 1.807) is 20.8 Å². The van der Waals surface area contributed by atoms with Gasteiger partial charge in [-0.1, -0.05) is 20.3 Å². The van der Waals surface area contributed by atoms with Crippen molar-refractivity contribution in [3.05, 3.63) is 0 Å². The quantitative estimate of drug-likeness (QED) is 0.257. The lowest BCUT2D eigenvalue weighted by Gasteiger charge is -2.36. The fourth-order valence-electron chi connectivity index (χ4n) is 3.85. The molecule has 4 amide bonds. The number of alkyl carbamates (subject to hydrolysis) is 1. The summed E-state index contributed by atoms with van der Waals surface area (Å²) >= 11 is 0. The molecule has 0 aromatic rings. The molecule has 0 aromatic carbocycles. The van der Waals surface area contributed by atoms with E-state index in [-0.39, 0.29) is 37.8 Å². The Bertz CT molecular complexity index is 847. The minimum absolute atomic E-state index is 0.180. The highest BCUT2D eigenvalue weighted by atomic mass is 16.6. The number of nitrogens with two attached hydrogens (primary N) is 1. The van der Waals surface area contributed by atoms with Crippen molar-refractivity contribution in [3.63, 3.8) is 0 Å². The van der Waals surface area contributed by atoms with Crippen LogP contribution in [-0.4, -0.2) is 81.6 Å². The molecule has 1 aliphatic heterocycles. The van der Waals surface area contributed by atoms with Crippen molar-refractivity contribution >= 4 is 35.8 Å². The van der Waals surface area contributed by atoms with E-state index in [0.29, 0.717) is 6.42 Å². The van der Waals surface area contributed by atoms with Crippen LogP contribution in [0, 0.1) is 17.8 Å². The van der Waals surface area contributed by atoms with Crippen LogP contribution in [-0.2, 0) is 28.7 Å². The fourth-order valence-corrected chi connectivity index (χ4v) is 3.85. The molecular formula is C23H38N4O9. The van der Waals surface area contributed by atoms with Gasteiger partial charge in [0.05, 0.1) is 5.92 Å². The largest absolute Gasteiger partial charge is 0.481 e. The molecule has 4 unspecified atom stereocenters. The lowest BCUT2D eigenvalue weighted by molar-refractivity contribution is -0.153. The van der Waals surface area contributed by atoms with Crippen molar-refractivity contribution < 1.29 is 43.7 Å². The maximum atomic E-state index is 13.2. The topological polar surface area (TPSA) is 205 Å². The molecule has 1 rings (SSSR count). The van der Waals surface area contributed by atoms with E-state index in [9.17, 15) is 39.0 Å². The number of ether oxygens (including phenoxy) is 1. The van der Waals surface area contributed by atoms with Crippen LogP contribution in [0.5, 0.6) is 0 Å². The molecule has 1 saturated heterocycles. The maximum absolute atomic E-state index is 13.2. The average molecular weight is 515 g/mol. The Hall–Kier alpha value is -3.38. The Labute approximate surface area is 210 Å². The minimum atomic E-state index is -1.84. The second kappa shape index (κ2) is 13.1. The summed E-state index contributed by atoms with van der Waals surface area (Å²) in [6.45, 7) is 9.22. The number of hydrogen-bond donors (Lipinski definition) is 5. The highest BCUT2D eigenvalue weighted by Gasteiger charge is 2.39. The molecule has 0 spiro atoms. The first-order valence-corrected chi connectivity index (χ1v) is 11.9. The summed E-state index contributed by atoms with van der Waals surface area (Å²) in [5, 5.41) is 23.6. The van der Waals surface area contributed by atoms with E-state index < -0.39 is 65.8 Å². The number of hydrogen-bond acceptors (Lipinski definition) is 7. The van der Waals surface area contributed by atoms with Gasteiger partial charge in [-0.05, 0) is 39.5 Å². The molecule has 4 atom stereocenters. The van der Waals surface area contributed by atoms with E-state index in [1.807, 2.05) is 13.8 Å². The molecule has 0 aromatic heterocycles. The van der Waals surface area contributed by atoms with Gasteiger partial charge in [0.15, 0.2) is 0 Å². The summed E-state index contributed by atoms with van der Waals surface area (Å²) < 4.78 is 5.27. The number of carboxylic acids is 2. The number of primary amides is 1. The van der Waals surface area contributed by atoms with E-state index in [2.05, 4.69) is 10.6 Å².